The van der Waals surface area contributed by atoms with Gasteiger partial charge in [0.15, 0.2) is 0 Å². The third kappa shape index (κ3) is 3.77. The van der Waals surface area contributed by atoms with E-state index in [0.717, 1.165) is 16.8 Å². The van der Waals surface area contributed by atoms with Crippen molar-refractivity contribution in [3.8, 4) is 5.75 Å². The standard InChI is InChI=1S/C23H24ClNO3S/c1-12-6-8-14(9-7-12)21(29)25-13(2)19(20(22(27)28)23(3,4)5)15-10-18(26)16(24)11-17(15)25/h6-11,20,26H,1-5H3,(H,27,28). The van der Waals surface area contributed by atoms with Crippen LogP contribution < -0.4 is 0 Å². The highest BCUT2D eigenvalue weighted by Gasteiger charge is 2.37. The number of phenolic OH excluding ortho intramolecular Hbond substituents is 1. The number of carboxylic acid groups (broad SMARTS) is 1. The Morgan fingerprint density at radius 2 is 1.72 bits per heavy atom. The molecule has 1 heterocycles. The lowest BCUT2D eigenvalue weighted by Crippen LogP contribution is -2.27. The van der Waals surface area contributed by atoms with Gasteiger partial charge in [0, 0.05) is 16.6 Å². The molecule has 1 unspecified atom stereocenters. The normalized spacial score (nSPS) is 12.9. The molecule has 1 aromatic heterocycles. The molecule has 0 aliphatic carbocycles. The fraction of sp³-hybridized carbons (Fsp3) is 0.304. The number of halogens is 1. The second-order valence-electron chi connectivity index (χ2n) is 8.46. The lowest BCUT2D eigenvalue weighted by molar-refractivity contribution is -0.141. The molecule has 0 bridgehead atoms. The van der Waals surface area contributed by atoms with Gasteiger partial charge < -0.3 is 14.8 Å². The molecule has 6 heteroatoms. The first kappa shape index (κ1) is 21.3. The summed E-state index contributed by atoms with van der Waals surface area (Å²) < 4.78 is 1.86. The quantitative estimate of drug-likeness (QED) is 0.497. The van der Waals surface area contributed by atoms with E-state index < -0.39 is 17.3 Å². The Kier molecular flexibility index (Phi) is 5.50. The monoisotopic (exact) mass is 429 g/mol. The number of phenols is 1. The zero-order valence-corrected chi connectivity index (χ0v) is 18.6. The summed E-state index contributed by atoms with van der Waals surface area (Å²) in [6.07, 6.45) is 0. The van der Waals surface area contributed by atoms with E-state index in [0.29, 0.717) is 21.5 Å². The van der Waals surface area contributed by atoms with Crippen LogP contribution in [0.15, 0.2) is 36.4 Å². The molecule has 0 saturated heterocycles. The topological polar surface area (TPSA) is 62.5 Å². The molecule has 1 atom stereocenters. The van der Waals surface area contributed by atoms with E-state index in [1.54, 1.807) is 6.07 Å². The van der Waals surface area contributed by atoms with Crippen molar-refractivity contribution in [1.29, 1.82) is 0 Å². The zero-order valence-electron chi connectivity index (χ0n) is 17.1. The maximum atomic E-state index is 12.3. The predicted molar refractivity (Wildman–Crippen MR) is 121 cm³/mol. The number of aromatic nitrogens is 1. The Balaban J connectivity index is 2.38. The van der Waals surface area contributed by atoms with Crippen LogP contribution in [0.1, 0.15) is 49.1 Å². The summed E-state index contributed by atoms with van der Waals surface area (Å²) in [5.74, 6) is -1.79. The first-order valence-electron chi connectivity index (χ1n) is 9.31. The number of rotatable bonds is 3. The van der Waals surface area contributed by atoms with E-state index in [4.69, 9.17) is 23.8 Å². The van der Waals surface area contributed by atoms with Crippen molar-refractivity contribution >= 4 is 45.7 Å². The number of carbonyl (C=O) groups is 1. The minimum Gasteiger partial charge on any atom is -0.506 e. The molecule has 0 amide bonds. The molecule has 29 heavy (non-hydrogen) atoms. The van der Waals surface area contributed by atoms with Crippen LogP contribution in [0.4, 0.5) is 0 Å². The number of thiocarbonyl (C=S) groups is 1. The Morgan fingerprint density at radius 3 is 2.24 bits per heavy atom. The van der Waals surface area contributed by atoms with Gasteiger partial charge in [0.2, 0.25) is 0 Å². The smallest absolute Gasteiger partial charge is 0.311 e. The number of aromatic hydroxyl groups is 1. The van der Waals surface area contributed by atoms with Crippen LogP contribution >= 0.6 is 23.8 Å². The Labute approximate surface area is 180 Å². The number of nitrogens with zero attached hydrogens (tertiary/aromatic N) is 1. The van der Waals surface area contributed by atoms with Gasteiger partial charge in [-0.25, -0.2) is 0 Å². The number of fused-ring (bicyclic) bond motifs is 1. The number of benzene rings is 2. The van der Waals surface area contributed by atoms with Crippen LogP contribution in [0.2, 0.25) is 5.02 Å². The number of hydrogen-bond acceptors (Lipinski definition) is 3. The molecule has 152 valence electrons. The van der Waals surface area contributed by atoms with Gasteiger partial charge in [-0.3, -0.25) is 4.79 Å². The summed E-state index contributed by atoms with van der Waals surface area (Å²) in [5.41, 5.74) is 3.48. The van der Waals surface area contributed by atoms with E-state index in [1.807, 2.05) is 63.5 Å². The number of aryl methyl sites for hydroxylation is 1. The van der Waals surface area contributed by atoms with Crippen molar-refractivity contribution in [3.05, 3.63) is 63.8 Å². The highest BCUT2D eigenvalue weighted by Crippen LogP contribution is 2.44. The molecule has 2 N–H and O–H groups in total. The maximum absolute atomic E-state index is 12.3. The third-order valence-electron chi connectivity index (χ3n) is 5.22. The molecule has 4 nitrogen and oxygen atoms in total. The molecule has 0 aliphatic heterocycles. The molecule has 0 saturated carbocycles. The van der Waals surface area contributed by atoms with Crippen LogP contribution in [-0.4, -0.2) is 25.7 Å². The van der Waals surface area contributed by atoms with Gasteiger partial charge in [-0.1, -0.05) is 74.4 Å². The molecule has 3 aromatic rings. The SMILES string of the molecule is Cc1ccc(C(=S)n2c(C)c(C(C(=O)O)C(C)(C)C)c3cc(O)c(Cl)cc32)cc1. The van der Waals surface area contributed by atoms with Crippen molar-refractivity contribution in [2.75, 3.05) is 0 Å². The van der Waals surface area contributed by atoms with Crippen molar-refractivity contribution in [3.63, 3.8) is 0 Å². The van der Waals surface area contributed by atoms with Crippen molar-refractivity contribution in [2.45, 2.75) is 40.5 Å². The van der Waals surface area contributed by atoms with Gasteiger partial charge in [0.05, 0.1) is 16.5 Å². The Hall–Kier alpha value is -2.37. The molecule has 0 aliphatic rings. The average molecular weight is 430 g/mol. The van der Waals surface area contributed by atoms with Crippen LogP contribution in [0.25, 0.3) is 10.9 Å². The summed E-state index contributed by atoms with van der Waals surface area (Å²) in [5, 5.41) is 21.1. The summed E-state index contributed by atoms with van der Waals surface area (Å²) in [7, 11) is 0. The van der Waals surface area contributed by atoms with Crippen LogP contribution in [0.3, 0.4) is 0 Å². The van der Waals surface area contributed by atoms with E-state index in [9.17, 15) is 15.0 Å². The second-order valence-corrected chi connectivity index (χ2v) is 9.26. The van der Waals surface area contributed by atoms with Crippen molar-refractivity contribution in [1.82, 2.24) is 4.57 Å². The fourth-order valence-corrected chi connectivity index (χ4v) is 4.36. The van der Waals surface area contributed by atoms with E-state index in [2.05, 4.69) is 0 Å². The van der Waals surface area contributed by atoms with Gasteiger partial charge in [0.1, 0.15) is 10.7 Å². The predicted octanol–water partition coefficient (Wildman–Crippen LogP) is 6.06. The number of carboxylic acids is 1. The van der Waals surface area contributed by atoms with Gasteiger partial charge in [-0.15, -0.1) is 0 Å². The molecule has 0 spiro atoms. The Morgan fingerprint density at radius 1 is 1.14 bits per heavy atom. The maximum Gasteiger partial charge on any atom is 0.311 e. The highest BCUT2D eigenvalue weighted by molar-refractivity contribution is 7.80. The minimum atomic E-state index is -0.921. The van der Waals surface area contributed by atoms with E-state index in [-0.39, 0.29) is 10.8 Å². The van der Waals surface area contributed by atoms with Crippen molar-refractivity contribution < 1.29 is 15.0 Å². The lowest BCUT2D eigenvalue weighted by Gasteiger charge is -2.28. The summed E-state index contributed by atoms with van der Waals surface area (Å²) >= 11 is 12.0. The fourth-order valence-electron chi connectivity index (χ4n) is 3.83. The van der Waals surface area contributed by atoms with Crippen LogP contribution in [0.5, 0.6) is 5.75 Å². The van der Waals surface area contributed by atoms with Gasteiger partial charge in [-0.05, 0) is 37.0 Å². The molecule has 0 radical (unpaired) electrons. The van der Waals surface area contributed by atoms with Crippen LogP contribution in [0, 0.1) is 19.3 Å². The van der Waals surface area contributed by atoms with E-state index in [1.165, 1.54) is 6.07 Å². The lowest BCUT2D eigenvalue weighted by atomic mass is 9.75. The molecule has 0 fully saturated rings. The first-order chi connectivity index (χ1) is 13.4. The second kappa shape index (κ2) is 7.47. The van der Waals surface area contributed by atoms with Crippen LogP contribution in [-0.2, 0) is 4.79 Å². The van der Waals surface area contributed by atoms with Gasteiger partial charge in [-0.2, -0.15) is 0 Å². The first-order valence-corrected chi connectivity index (χ1v) is 10.1. The largest absolute Gasteiger partial charge is 0.506 e. The number of aliphatic carboxylic acids is 1. The Bertz CT molecular complexity index is 1120. The highest BCUT2D eigenvalue weighted by atomic mass is 35.5. The zero-order chi connectivity index (χ0) is 21.7. The molecule has 2 aromatic carbocycles. The third-order valence-corrected chi connectivity index (χ3v) is 5.95. The molecular weight excluding hydrogens is 406 g/mol. The molecule has 3 rings (SSSR count). The average Bonchev–Trinajstić information content (AvgIpc) is 2.86. The van der Waals surface area contributed by atoms with Gasteiger partial charge in [0.25, 0.3) is 0 Å². The summed E-state index contributed by atoms with van der Waals surface area (Å²) in [6.45, 7) is 9.54. The number of hydrogen-bond donors (Lipinski definition) is 2. The summed E-state index contributed by atoms with van der Waals surface area (Å²) in [6, 6.07) is 11.0. The summed E-state index contributed by atoms with van der Waals surface area (Å²) in [4.78, 5) is 12.8. The minimum absolute atomic E-state index is 0.0862. The van der Waals surface area contributed by atoms with Gasteiger partial charge >= 0.3 is 5.97 Å². The van der Waals surface area contributed by atoms with Crippen molar-refractivity contribution in [2.24, 2.45) is 5.41 Å². The van der Waals surface area contributed by atoms with E-state index >= 15 is 0 Å². The molecular formula is C23H24ClNO3S.